The summed E-state index contributed by atoms with van der Waals surface area (Å²) in [6.07, 6.45) is 1.91. The van der Waals surface area contributed by atoms with Crippen LogP contribution in [0.3, 0.4) is 0 Å². The molecule has 1 aromatic rings. The highest BCUT2D eigenvalue weighted by Gasteiger charge is 2.29. The van der Waals surface area contributed by atoms with Gasteiger partial charge in [-0.15, -0.1) is 0 Å². The molecular weight excluding hydrogens is 231 g/mol. The maximum Gasteiger partial charge on any atom is 0.240 e. The van der Waals surface area contributed by atoms with Gasteiger partial charge >= 0.3 is 0 Å². The molecule has 0 atom stereocenters. The summed E-state index contributed by atoms with van der Waals surface area (Å²) < 4.78 is 12.7. The Morgan fingerprint density at radius 3 is 2.33 bits per heavy atom. The molecular formula is C14H21FN2O. The van der Waals surface area contributed by atoms with E-state index in [0.29, 0.717) is 25.8 Å². The Morgan fingerprint density at radius 1 is 1.28 bits per heavy atom. The Balaban J connectivity index is 2.42. The van der Waals surface area contributed by atoms with Crippen molar-refractivity contribution >= 4 is 5.91 Å². The fourth-order valence-corrected chi connectivity index (χ4v) is 1.72. The minimum Gasteiger partial charge on any atom is -0.354 e. The summed E-state index contributed by atoms with van der Waals surface area (Å²) in [4.78, 5) is 11.9. The van der Waals surface area contributed by atoms with Crippen LogP contribution < -0.4 is 11.1 Å². The van der Waals surface area contributed by atoms with Gasteiger partial charge in [0.2, 0.25) is 5.91 Å². The first-order chi connectivity index (χ1) is 8.51. The van der Waals surface area contributed by atoms with Crippen LogP contribution in [0.15, 0.2) is 24.3 Å². The van der Waals surface area contributed by atoms with E-state index in [9.17, 15) is 9.18 Å². The number of nitrogens with two attached hydrogens (primary N) is 1. The van der Waals surface area contributed by atoms with Crippen LogP contribution in [0.5, 0.6) is 0 Å². The van der Waals surface area contributed by atoms with Crippen molar-refractivity contribution in [2.45, 2.75) is 38.6 Å². The van der Waals surface area contributed by atoms with E-state index in [1.807, 2.05) is 13.8 Å². The van der Waals surface area contributed by atoms with E-state index >= 15 is 0 Å². The van der Waals surface area contributed by atoms with E-state index in [2.05, 4.69) is 5.32 Å². The molecule has 0 saturated heterocycles. The molecule has 1 amide bonds. The number of hydrogen-bond acceptors (Lipinski definition) is 2. The zero-order valence-electron chi connectivity index (χ0n) is 11.0. The van der Waals surface area contributed by atoms with Crippen LogP contribution in [0, 0.1) is 5.82 Å². The van der Waals surface area contributed by atoms with Crippen molar-refractivity contribution in [2.24, 2.45) is 5.73 Å². The lowest BCUT2D eigenvalue weighted by Crippen LogP contribution is -2.53. The summed E-state index contributed by atoms with van der Waals surface area (Å²) >= 11 is 0. The summed E-state index contributed by atoms with van der Waals surface area (Å²) in [6, 6.07) is 6.28. The van der Waals surface area contributed by atoms with Crippen molar-refractivity contribution in [3.05, 3.63) is 35.6 Å². The molecule has 0 aliphatic heterocycles. The quantitative estimate of drug-likeness (QED) is 0.813. The highest BCUT2D eigenvalue weighted by atomic mass is 19.1. The van der Waals surface area contributed by atoms with Crippen molar-refractivity contribution in [2.75, 3.05) is 6.54 Å². The number of carbonyl (C=O) groups excluding carboxylic acids is 1. The Hall–Kier alpha value is -1.42. The van der Waals surface area contributed by atoms with Crippen molar-refractivity contribution in [1.82, 2.24) is 5.32 Å². The second-order valence-electron chi connectivity index (χ2n) is 4.50. The lowest BCUT2D eigenvalue weighted by atomic mass is 9.93. The summed E-state index contributed by atoms with van der Waals surface area (Å²) in [5.74, 6) is -0.365. The van der Waals surface area contributed by atoms with Crippen LogP contribution in [0.4, 0.5) is 4.39 Å². The van der Waals surface area contributed by atoms with Gasteiger partial charge < -0.3 is 11.1 Å². The SMILES string of the molecule is CCC(N)(CC)C(=O)NCCc1ccc(F)cc1. The average Bonchev–Trinajstić information content (AvgIpc) is 2.40. The Bertz CT molecular complexity index is 385. The number of benzene rings is 1. The third-order valence-corrected chi connectivity index (χ3v) is 3.33. The van der Waals surface area contributed by atoms with Gasteiger partial charge in [0.1, 0.15) is 5.82 Å². The highest BCUT2D eigenvalue weighted by molar-refractivity contribution is 5.85. The molecule has 1 aromatic carbocycles. The van der Waals surface area contributed by atoms with Gasteiger partial charge in [-0.05, 0) is 37.0 Å². The van der Waals surface area contributed by atoms with Crippen molar-refractivity contribution in [1.29, 1.82) is 0 Å². The first kappa shape index (κ1) is 14.6. The van der Waals surface area contributed by atoms with Crippen LogP contribution in [-0.2, 0) is 11.2 Å². The van der Waals surface area contributed by atoms with Gasteiger partial charge in [-0.2, -0.15) is 0 Å². The first-order valence-corrected chi connectivity index (χ1v) is 6.33. The molecule has 0 heterocycles. The van der Waals surface area contributed by atoms with E-state index in [0.717, 1.165) is 5.56 Å². The highest BCUT2D eigenvalue weighted by Crippen LogP contribution is 2.11. The van der Waals surface area contributed by atoms with Gasteiger partial charge in [0.25, 0.3) is 0 Å². The lowest BCUT2D eigenvalue weighted by Gasteiger charge is -2.25. The predicted molar refractivity (Wildman–Crippen MR) is 70.6 cm³/mol. The molecule has 0 aliphatic rings. The summed E-state index contributed by atoms with van der Waals surface area (Å²) in [5, 5.41) is 2.83. The van der Waals surface area contributed by atoms with E-state index in [1.54, 1.807) is 12.1 Å². The van der Waals surface area contributed by atoms with Crippen molar-refractivity contribution in [3.63, 3.8) is 0 Å². The molecule has 0 aliphatic carbocycles. The number of hydrogen-bond donors (Lipinski definition) is 2. The second-order valence-corrected chi connectivity index (χ2v) is 4.50. The molecule has 0 unspecified atom stereocenters. The topological polar surface area (TPSA) is 55.1 Å². The normalized spacial score (nSPS) is 11.3. The number of nitrogens with one attached hydrogen (secondary N) is 1. The number of halogens is 1. The summed E-state index contributed by atoms with van der Waals surface area (Å²) in [6.45, 7) is 4.33. The maximum absolute atomic E-state index is 12.7. The Morgan fingerprint density at radius 2 is 1.83 bits per heavy atom. The molecule has 0 radical (unpaired) electrons. The average molecular weight is 252 g/mol. The second kappa shape index (κ2) is 6.50. The van der Waals surface area contributed by atoms with Gasteiger partial charge in [0.05, 0.1) is 5.54 Å². The van der Waals surface area contributed by atoms with Crippen LogP contribution in [0.2, 0.25) is 0 Å². The molecule has 0 aromatic heterocycles. The zero-order chi connectivity index (χ0) is 13.6. The lowest BCUT2D eigenvalue weighted by molar-refractivity contribution is -0.126. The van der Waals surface area contributed by atoms with E-state index in [1.165, 1.54) is 12.1 Å². The molecule has 0 saturated carbocycles. The molecule has 3 nitrogen and oxygen atoms in total. The molecule has 3 N–H and O–H groups in total. The van der Waals surface area contributed by atoms with Crippen molar-refractivity contribution < 1.29 is 9.18 Å². The Kier molecular flexibility index (Phi) is 5.28. The van der Waals surface area contributed by atoms with Crippen LogP contribution in [-0.4, -0.2) is 18.0 Å². The number of carbonyl (C=O) groups is 1. The van der Waals surface area contributed by atoms with Crippen molar-refractivity contribution in [3.8, 4) is 0 Å². The van der Waals surface area contributed by atoms with Crippen LogP contribution in [0.1, 0.15) is 32.3 Å². The zero-order valence-corrected chi connectivity index (χ0v) is 11.0. The van der Waals surface area contributed by atoms with Gasteiger partial charge in [0, 0.05) is 6.54 Å². The smallest absolute Gasteiger partial charge is 0.240 e. The molecule has 1 rings (SSSR count). The monoisotopic (exact) mass is 252 g/mol. The molecule has 0 fully saturated rings. The molecule has 100 valence electrons. The fourth-order valence-electron chi connectivity index (χ4n) is 1.72. The van der Waals surface area contributed by atoms with E-state index in [-0.39, 0.29) is 11.7 Å². The minimum absolute atomic E-state index is 0.116. The minimum atomic E-state index is -0.775. The summed E-state index contributed by atoms with van der Waals surface area (Å²) in [7, 11) is 0. The Labute approximate surface area is 108 Å². The van der Waals surface area contributed by atoms with Gasteiger partial charge in [-0.25, -0.2) is 4.39 Å². The van der Waals surface area contributed by atoms with Gasteiger partial charge in [-0.1, -0.05) is 26.0 Å². The van der Waals surface area contributed by atoms with Crippen LogP contribution in [0.25, 0.3) is 0 Å². The molecule has 0 bridgehead atoms. The molecule has 0 spiro atoms. The summed E-state index contributed by atoms with van der Waals surface area (Å²) in [5.41, 5.74) is 6.20. The standard InChI is InChI=1S/C14H21FN2O/c1-3-14(16,4-2)13(18)17-10-9-11-5-7-12(15)8-6-11/h5-8H,3-4,9-10,16H2,1-2H3,(H,17,18). The molecule has 4 heteroatoms. The first-order valence-electron chi connectivity index (χ1n) is 6.33. The fraction of sp³-hybridized carbons (Fsp3) is 0.500. The van der Waals surface area contributed by atoms with Gasteiger partial charge in [-0.3, -0.25) is 4.79 Å². The largest absolute Gasteiger partial charge is 0.354 e. The van der Waals surface area contributed by atoms with E-state index in [4.69, 9.17) is 5.73 Å². The predicted octanol–water partition coefficient (Wildman–Crippen LogP) is 2.00. The van der Waals surface area contributed by atoms with Crippen LogP contribution >= 0.6 is 0 Å². The van der Waals surface area contributed by atoms with E-state index < -0.39 is 5.54 Å². The maximum atomic E-state index is 12.7. The third-order valence-electron chi connectivity index (χ3n) is 3.33. The molecule has 18 heavy (non-hydrogen) atoms. The van der Waals surface area contributed by atoms with Gasteiger partial charge in [0.15, 0.2) is 0 Å². The third kappa shape index (κ3) is 3.81. The number of amides is 1. The number of rotatable bonds is 6.